The summed E-state index contributed by atoms with van der Waals surface area (Å²) in [5, 5.41) is 12.3. The highest BCUT2D eigenvalue weighted by Gasteiger charge is 2.10. The molecule has 0 atom stereocenters. The van der Waals surface area contributed by atoms with E-state index in [2.05, 4.69) is 10.5 Å². The largest absolute Gasteiger partial charge is 0.287 e. The van der Waals surface area contributed by atoms with Crippen molar-refractivity contribution in [2.24, 2.45) is 5.10 Å². The lowest BCUT2D eigenvalue weighted by Crippen LogP contribution is -2.48. The number of hydrogen-bond acceptors (Lipinski definition) is 6. The molecule has 23 heavy (non-hydrogen) atoms. The highest BCUT2D eigenvalue weighted by atomic mass is 16.2. The van der Waals surface area contributed by atoms with Crippen LogP contribution in [0.25, 0.3) is 10.8 Å². The average molecular weight is 303 g/mol. The van der Waals surface area contributed by atoms with E-state index in [-0.39, 0.29) is 10.8 Å². The number of nitriles is 1. The van der Waals surface area contributed by atoms with E-state index in [1.54, 1.807) is 36.4 Å². The molecule has 0 radical (unpaired) electrons. The number of benzene rings is 3. The highest BCUT2D eigenvalue weighted by molar-refractivity contribution is 5.81. The average Bonchev–Trinajstić information content (AvgIpc) is 2.60. The maximum Gasteiger partial charge on any atom is 0.257 e. The molecular formula is C17H9N3O3. The number of hydrogen-bond donors (Lipinski definition) is 1. The van der Waals surface area contributed by atoms with Gasteiger partial charge in [0.15, 0.2) is 5.36 Å². The van der Waals surface area contributed by atoms with Gasteiger partial charge in [-0.25, -0.2) is 0 Å². The molecule has 0 aliphatic heterocycles. The van der Waals surface area contributed by atoms with Crippen molar-refractivity contribution < 1.29 is 0 Å². The number of rotatable bonds is 2. The molecule has 0 saturated heterocycles. The summed E-state index contributed by atoms with van der Waals surface area (Å²) in [5.41, 5.74) is 1.25. The molecule has 0 heterocycles. The van der Waals surface area contributed by atoms with Crippen LogP contribution in [0.3, 0.4) is 0 Å². The van der Waals surface area contributed by atoms with E-state index in [4.69, 9.17) is 5.26 Å². The molecule has 6 nitrogen and oxygen atoms in total. The lowest BCUT2D eigenvalue weighted by Gasteiger charge is -1.99. The van der Waals surface area contributed by atoms with Crippen LogP contribution in [0.1, 0.15) is 5.56 Å². The van der Waals surface area contributed by atoms with Crippen LogP contribution in [0.15, 0.2) is 68.0 Å². The summed E-state index contributed by atoms with van der Waals surface area (Å²) in [4.78, 5) is 36.4. The quantitative estimate of drug-likeness (QED) is 0.552. The van der Waals surface area contributed by atoms with Gasteiger partial charge in [-0.05, 0) is 24.3 Å². The summed E-state index contributed by atoms with van der Waals surface area (Å²) < 4.78 is 0. The third-order valence-corrected chi connectivity index (χ3v) is 3.36. The second-order valence-electron chi connectivity index (χ2n) is 4.79. The van der Waals surface area contributed by atoms with Crippen molar-refractivity contribution in [3.05, 3.63) is 90.1 Å². The third kappa shape index (κ3) is 2.51. The number of anilines is 1. The van der Waals surface area contributed by atoms with Gasteiger partial charge >= 0.3 is 0 Å². The van der Waals surface area contributed by atoms with E-state index in [0.717, 1.165) is 0 Å². The van der Waals surface area contributed by atoms with E-state index in [9.17, 15) is 14.4 Å². The first kappa shape index (κ1) is 14.4. The maximum absolute atomic E-state index is 12.3. The van der Waals surface area contributed by atoms with Gasteiger partial charge in [0.05, 0.1) is 17.3 Å². The molecule has 110 valence electrons. The number of fused-ring (bicyclic) bond motifs is 1. The van der Waals surface area contributed by atoms with Gasteiger partial charge in [0, 0.05) is 10.8 Å². The first-order valence-corrected chi connectivity index (χ1v) is 6.68. The Labute approximate surface area is 129 Å². The maximum atomic E-state index is 12.3. The van der Waals surface area contributed by atoms with Crippen molar-refractivity contribution in [3.8, 4) is 6.07 Å². The molecule has 3 aromatic rings. The summed E-state index contributed by atoms with van der Waals surface area (Å²) in [6, 6.07) is 14.4. The van der Waals surface area contributed by atoms with Crippen LogP contribution in [0.5, 0.6) is 0 Å². The molecule has 0 aromatic heterocycles. The first-order valence-electron chi connectivity index (χ1n) is 6.68. The molecule has 3 rings (SSSR count). The predicted molar refractivity (Wildman–Crippen MR) is 85.5 cm³/mol. The Hall–Kier alpha value is -3.59. The molecule has 0 amide bonds. The molecule has 0 bridgehead atoms. The summed E-state index contributed by atoms with van der Waals surface area (Å²) in [6.45, 7) is 0. The van der Waals surface area contributed by atoms with Crippen molar-refractivity contribution in [1.29, 1.82) is 5.26 Å². The molecule has 1 N–H and O–H groups in total. The van der Waals surface area contributed by atoms with Gasteiger partial charge in [0.2, 0.25) is 10.9 Å². The second kappa shape index (κ2) is 5.66. The predicted octanol–water partition coefficient (Wildman–Crippen LogP) is 0.595. The van der Waals surface area contributed by atoms with Crippen LogP contribution in [0.4, 0.5) is 5.69 Å². The molecule has 0 fully saturated rings. The molecule has 3 aromatic carbocycles. The smallest absolute Gasteiger partial charge is 0.257 e. The van der Waals surface area contributed by atoms with Crippen molar-refractivity contribution in [1.82, 2.24) is 0 Å². The lowest BCUT2D eigenvalue weighted by molar-refractivity contribution is 1.17. The Balaban J connectivity index is 2.16. The summed E-state index contributed by atoms with van der Waals surface area (Å²) in [5.74, 6) is 0. The highest BCUT2D eigenvalue weighted by Crippen LogP contribution is 2.08. The Morgan fingerprint density at radius 3 is 2.04 bits per heavy atom. The third-order valence-electron chi connectivity index (χ3n) is 3.36. The first-order chi connectivity index (χ1) is 11.1. The minimum Gasteiger partial charge on any atom is -0.287 e. The van der Waals surface area contributed by atoms with Crippen LogP contribution < -0.4 is 27.1 Å². The molecular weight excluding hydrogens is 294 g/mol. The standard InChI is InChI=1S/C17H9N3O3/c18-9-10-5-7-11(8-6-10)19-20-14-15(21)12-3-1-2-4-13(12)16(22)17(14)23/h1-8,19H/b20-14-. The van der Waals surface area contributed by atoms with Gasteiger partial charge in [-0.3, -0.25) is 19.8 Å². The number of nitrogens with one attached hydrogen (secondary N) is 1. The van der Waals surface area contributed by atoms with Gasteiger partial charge in [-0.2, -0.15) is 10.4 Å². The Morgan fingerprint density at radius 2 is 1.43 bits per heavy atom. The van der Waals surface area contributed by atoms with E-state index in [0.29, 0.717) is 11.3 Å². The SMILES string of the molecule is N#Cc1ccc(N/N=c2\c(=O)c(=O)c3ccccc3c2=O)cc1. The number of nitrogens with zero attached hydrogens (tertiary/aromatic N) is 2. The zero-order chi connectivity index (χ0) is 16.4. The zero-order valence-electron chi connectivity index (χ0n) is 11.7. The normalized spacial score (nSPS) is 11.3. The summed E-state index contributed by atoms with van der Waals surface area (Å²) in [6.07, 6.45) is 0. The van der Waals surface area contributed by atoms with Gasteiger partial charge in [0.1, 0.15) is 0 Å². The molecule has 0 aliphatic carbocycles. The topological polar surface area (TPSA) is 99.4 Å². The fraction of sp³-hybridized carbons (Fsp3) is 0. The Bertz CT molecular complexity index is 1150. The van der Waals surface area contributed by atoms with Gasteiger partial charge in [-0.1, -0.05) is 24.3 Å². The van der Waals surface area contributed by atoms with Crippen molar-refractivity contribution in [2.75, 3.05) is 5.43 Å². The van der Waals surface area contributed by atoms with Gasteiger partial charge in [0.25, 0.3) is 5.43 Å². The summed E-state index contributed by atoms with van der Waals surface area (Å²) >= 11 is 0. The minimum atomic E-state index is -0.935. The van der Waals surface area contributed by atoms with Crippen LogP contribution in [0.2, 0.25) is 0 Å². The van der Waals surface area contributed by atoms with E-state index < -0.39 is 21.6 Å². The lowest BCUT2D eigenvalue weighted by atomic mass is 10.1. The second-order valence-corrected chi connectivity index (χ2v) is 4.79. The van der Waals surface area contributed by atoms with E-state index >= 15 is 0 Å². The van der Waals surface area contributed by atoms with Crippen molar-refractivity contribution in [2.45, 2.75) is 0 Å². The molecule has 0 saturated carbocycles. The van der Waals surface area contributed by atoms with Gasteiger partial charge < -0.3 is 0 Å². The monoisotopic (exact) mass is 303 g/mol. The van der Waals surface area contributed by atoms with Gasteiger partial charge in [-0.15, -0.1) is 0 Å². The van der Waals surface area contributed by atoms with Crippen LogP contribution in [-0.4, -0.2) is 0 Å². The summed E-state index contributed by atoms with van der Waals surface area (Å²) in [7, 11) is 0. The van der Waals surface area contributed by atoms with Crippen LogP contribution in [-0.2, 0) is 0 Å². The molecule has 0 aliphatic rings. The Morgan fingerprint density at radius 1 is 0.826 bits per heavy atom. The fourth-order valence-electron chi connectivity index (χ4n) is 2.18. The van der Waals surface area contributed by atoms with E-state index in [1.807, 2.05) is 6.07 Å². The fourth-order valence-corrected chi connectivity index (χ4v) is 2.18. The van der Waals surface area contributed by atoms with Crippen molar-refractivity contribution in [3.63, 3.8) is 0 Å². The van der Waals surface area contributed by atoms with Crippen molar-refractivity contribution >= 4 is 16.5 Å². The van der Waals surface area contributed by atoms with E-state index in [1.165, 1.54) is 12.1 Å². The van der Waals surface area contributed by atoms with Crippen LogP contribution >= 0.6 is 0 Å². The zero-order valence-corrected chi connectivity index (χ0v) is 11.7. The molecule has 6 heteroatoms. The Kier molecular flexibility index (Phi) is 3.53. The molecule has 0 spiro atoms. The van der Waals surface area contributed by atoms with Crippen LogP contribution in [0, 0.1) is 11.3 Å². The molecule has 0 unspecified atom stereocenters. The minimum absolute atomic E-state index is 0.0971.